The molecule has 0 bridgehead atoms. The fraction of sp³-hybridized carbons (Fsp3) is 0.625. The zero-order valence-corrected chi connectivity index (χ0v) is 12.2. The summed E-state index contributed by atoms with van der Waals surface area (Å²) in [7, 11) is 0. The van der Waals surface area contributed by atoms with E-state index in [1.165, 1.54) is 12.1 Å². The lowest BCUT2D eigenvalue weighted by molar-refractivity contribution is -0.137. The van der Waals surface area contributed by atoms with Gasteiger partial charge in [0, 0.05) is 12.6 Å². The van der Waals surface area contributed by atoms with Gasteiger partial charge < -0.3 is 10.4 Å². The number of benzene rings is 1. The van der Waals surface area contributed by atoms with Crippen molar-refractivity contribution in [2.24, 2.45) is 11.8 Å². The number of rotatable bonds is 5. The lowest BCUT2D eigenvalue weighted by Crippen LogP contribution is -2.28. The summed E-state index contributed by atoms with van der Waals surface area (Å²) in [6.45, 7) is 2.97. The fourth-order valence-corrected chi connectivity index (χ4v) is 3.03. The zero-order valence-electron chi connectivity index (χ0n) is 12.2. The first-order valence-corrected chi connectivity index (χ1v) is 7.43. The summed E-state index contributed by atoms with van der Waals surface area (Å²) in [6.07, 6.45) is -0.963. The minimum Gasteiger partial charge on any atom is -0.396 e. The fourth-order valence-electron chi connectivity index (χ4n) is 3.03. The monoisotopic (exact) mass is 301 g/mol. The second kappa shape index (κ2) is 6.79. The van der Waals surface area contributed by atoms with Gasteiger partial charge in [0.15, 0.2) is 0 Å². The van der Waals surface area contributed by atoms with Crippen LogP contribution < -0.4 is 5.32 Å². The van der Waals surface area contributed by atoms with Crippen LogP contribution in [0.2, 0.25) is 0 Å². The van der Waals surface area contributed by atoms with Gasteiger partial charge in [-0.3, -0.25) is 0 Å². The van der Waals surface area contributed by atoms with E-state index in [4.69, 9.17) is 0 Å². The molecule has 3 unspecified atom stereocenters. The number of halogens is 3. The maximum atomic E-state index is 12.5. The molecule has 3 atom stereocenters. The molecule has 21 heavy (non-hydrogen) atoms. The van der Waals surface area contributed by atoms with Crippen molar-refractivity contribution in [1.82, 2.24) is 5.32 Å². The van der Waals surface area contributed by atoms with Crippen LogP contribution in [0.25, 0.3) is 0 Å². The van der Waals surface area contributed by atoms with Gasteiger partial charge in [0.2, 0.25) is 0 Å². The van der Waals surface area contributed by atoms with E-state index in [2.05, 4.69) is 5.32 Å². The van der Waals surface area contributed by atoms with Crippen LogP contribution in [0.4, 0.5) is 13.2 Å². The van der Waals surface area contributed by atoms with E-state index in [0.29, 0.717) is 11.8 Å². The van der Waals surface area contributed by atoms with Gasteiger partial charge in [-0.2, -0.15) is 13.2 Å². The Morgan fingerprint density at radius 2 is 1.81 bits per heavy atom. The number of alkyl halides is 3. The van der Waals surface area contributed by atoms with Gasteiger partial charge in [-0.05, 0) is 55.8 Å². The molecule has 2 nitrogen and oxygen atoms in total. The van der Waals surface area contributed by atoms with E-state index in [1.807, 2.05) is 6.92 Å². The Morgan fingerprint density at radius 1 is 1.19 bits per heavy atom. The number of nitrogens with one attached hydrogen (secondary N) is 1. The highest BCUT2D eigenvalue weighted by Crippen LogP contribution is 2.32. The van der Waals surface area contributed by atoms with Crippen LogP contribution in [0.5, 0.6) is 0 Å². The molecule has 0 spiro atoms. The van der Waals surface area contributed by atoms with Crippen LogP contribution in [0.3, 0.4) is 0 Å². The normalized spacial score (nSPS) is 24.2. The van der Waals surface area contributed by atoms with Crippen molar-refractivity contribution >= 4 is 0 Å². The Kier molecular flexibility index (Phi) is 5.27. The molecule has 1 saturated carbocycles. The third-order valence-corrected chi connectivity index (χ3v) is 4.48. The maximum absolute atomic E-state index is 12.5. The Hall–Kier alpha value is -1.07. The van der Waals surface area contributed by atoms with Gasteiger partial charge in [0.05, 0.1) is 5.56 Å². The molecule has 0 aromatic heterocycles. The molecular formula is C16H22F3NO. The maximum Gasteiger partial charge on any atom is 0.416 e. The Bertz CT molecular complexity index is 444. The Labute approximate surface area is 123 Å². The largest absolute Gasteiger partial charge is 0.416 e. The SMILES string of the molecule is CC(NCC1CCCC1CO)c1ccc(C(F)(F)F)cc1. The van der Waals surface area contributed by atoms with Crippen LogP contribution in [-0.4, -0.2) is 18.3 Å². The van der Waals surface area contributed by atoms with Crippen molar-refractivity contribution in [3.8, 4) is 0 Å². The Balaban J connectivity index is 1.90. The highest BCUT2D eigenvalue weighted by atomic mass is 19.4. The van der Waals surface area contributed by atoms with Gasteiger partial charge >= 0.3 is 6.18 Å². The minimum absolute atomic E-state index is 0.00669. The first kappa shape index (κ1) is 16.3. The van der Waals surface area contributed by atoms with Crippen LogP contribution >= 0.6 is 0 Å². The topological polar surface area (TPSA) is 32.3 Å². The van der Waals surface area contributed by atoms with Gasteiger partial charge in [-0.25, -0.2) is 0 Å². The lowest BCUT2D eigenvalue weighted by Gasteiger charge is -2.21. The second-order valence-electron chi connectivity index (χ2n) is 5.88. The molecular weight excluding hydrogens is 279 g/mol. The van der Waals surface area contributed by atoms with Crippen molar-refractivity contribution in [3.63, 3.8) is 0 Å². The smallest absolute Gasteiger partial charge is 0.396 e. The molecule has 5 heteroatoms. The number of hydrogen-bond donors (Lipinski definition) is 2. The first-order chi connectivity index (χ1) is 9.91. The second-order valence-corrected chi connectivity index (χ2v) is 5.88. The molecule has 118 valence electrons. The van der Waals surface area contributed by atoms with E-state index < -0.39 is 11.7 Å². The predicted molar refractivity (Wildman–Crippen MR) is 75.8 cm³/mol. The van der Waals surface area contributed by atoms with Crippen LogP contribution in [0.1, 0.15) is 43.4 Å². The summed E-state index contributed by atoms with van der Waals surface area (Å²) >= 11 is 0. The highest BCUT2D eigenvalue weighted by molar-refractivity contribution is 5.26. The molecule has 1 fully saturated rings. The molecule has 0 amide bonds. The summed E-state index contributed by atoms with van der Waals surface area (Å²) in [6, 6.07) is 5.31. The van der Waals surface area contributed by atoms with Crippen molar-refractivity contribution in [3.05, 3.63) is 35.4 Å². The summed E-state index contributed by atoms with van der Waals surface area (Å²) in [4.78, 5) is 0. The number of aliphatic hydroxyl groups is 1. The summed E-state index contributed by atoms with van der Waals surface area (Å²) in [5, 5.41) is 12.7. The van der Waals surface area contributed by atoms with Crippen molar-refractivity contribution in [1.29, 1.82) is 0 Å². The molecule has 0 saturated heterocycles. The van der Waals surface area contributed by atoms with E-state index in [1.54, 1.807) is 0 Å². The molecule has 0 aliphatic heterocycles. The van der Waals surface area contributed by atoms with Gasteiger partial charge in [0.1, 0.15) is 0 Å². The van der Waals surface area contributed by atoms with Gasteiger partial charge in [-0.15, -0.1) is 0 Å². The molecule has 0 radical (unpaired) electrons. The summed E-state index contributed by atoms with van der Waals surface area (Å²) < 4.78 is 37.5. The molecule has 1 aliphatic rings. The highest BCUT2D eigenvalue weighted by Gasteiger charge is 2.30. The van der Waals surface area contributed by atoms with Crippen LogP contribution in [-0.2, 0) is 6.18 Å². The summed E-state index contributed by atoms with van der Waals surface area (Å²) in [5.41, 5.74) is 0.233. The van der Waals surface area contributed by atoms with Crippen molar-refractivity contribution < 1.29 is 18.3 Å². The first-order valence-electron chi connectivity index (χ1n) is 7.43. The standard InChI is InChI=1S/C16H22F3NO/c1-11(20-9-13-3-2-4-14(13)10-21)12-5-7-15(8-6-12)16(17,18)19/h5-8,11,13-14,20-21H,2-4,9-10H2,1H3. The quantitative estimate of drug-likeness (QED) is 0.868. The molecule has 0 heterocycles. The number of aliphatic hydroxyl groups excluding tert-OH is 1. The third kappa shape index (κ3) is 4.20. The van der Waals surface area contributed by atoms with Crippen molar-refractivity contribution in [2.45, 2.75) is 38.4 Å². The van der Waals surface area contributed by atoms with E-state index in [9.17, 15) is 18.3 Å². The molecule has 2 N–H and O–H groups in total. The minimum atomic E-state index is -4.28. The van der Waals surface area contributed by atoms with Gasteiger partial charge in [-0.1, -0.05) is 18.6 Å². The molecule has 2 rings (SSSR count). The number of hydrogen-bond acceptors (Lipinski definition) is 2. The van der Waals surface area contributed by atoms with Crippen LogP contribution in [0, 0.1) is 11.8 Å². The van der Waals surface area contributed by atoms with E-state index in [-0.39, 0.29) is 12.6 Å². The Morgan fingerprint density at radius 3 is 2.38 bits per heavy atom. The molecule has 1 aromatic carbocycles. The third-order valence-electron chi connectivity index (χ3n) is 4.48. The van der Waals surface area contributed by atoms with Gasteiger partial charge in [0.25, 0.3) is 0 Å². The van der Waals surface area contributed by atoms with Crippen molar-refractivity contribution in [2.75, 3.05) is 13.2 Å². The summed E-state index contributed by atoms with van der Waals surface area (Å²) in [5.74, 6) is 0.823. The average molecular weight is 301 g/mol. The molecule has 1 aromatic rings. The van der Waals surface area contributed by atoms with E-state index in [0.717, 1.165) is 43.5 Å². The van der Waals surface area contributed by atoms with Crippen LogP contribution in [0.15, 0.2) is 24.3 Å². The molecule has 1 aliphatic carbocycles. The predicted octanol–water partition coefficient (Wildman–Crippen LogP) is 3.76. The average Bonchev–Trinajstić information content (AvgIpc) is 2.91. The van der Waals surface area contributed by atoms with E-state index >= 15 is 0 Å². The zero-order chi connectivity index (χ0) is 15.5. The lowest BCUT2D eigenvalue weighted by atomic mass is 9.96.